The van der Waals surface area contributed by atoms with E-state index in [9.17, 15) is 0 Å². The fourth-order valence-corrected chi connectivity index (χ4v) is 6.13. The molecule has 4 rings (SSSR count). The molecular formula is C22H41N3. The highest BCUT2D eigenvalue weighted by Gasteiger charge is 2.43. The fraction of sp³-hybridized carbons (Fsp3) is 1.00. The second-order valence-corrected chi connectivity index (χ2v) is 10.1. The lowest BCUT2D eigenvalue weighted by Gasteiger charge is -2.48. The summed E-state index contributed by atoms with van der Waals surface area (Å²) in [5.74, 6) is 0. The molecule has 0 aromatic carbocycles. The maximum absolute atomic E-state index is 2.86. The van der Waals surface area contributed by atoms with Gasteiger partial charge in [0.25, 0.3) is 0 Å². The van der Waals surface area contributed by atoms with Gasteiger partial charge < -0.3 is 9.80 Å². The van der Waals surface area contributed by atoms with E-state index in [1.807, 2.05) is 0 Å². The van der Waals surface area contributed by atoms with Crippen LogP contribution >= 0.6 is 0 Å². The number of nitrogens with zero attached hydrogens (tertiary/aromatic N) is 3. The van der Waals surface area contributed by atoms with Crippen LogP contribution in [0.5, 0.6) is 0 Å². The van der Waals surface area contributed by atoms with Gasteiger partial charge in [0.2, 0.25) is 0 Å². The van der Waals surface area contributed by atoms with Crippen molar-refractivity contribution in [1.29, 1.82) is 0 Å². The number of rotatable bonds is 5. The summed E-state index contributed by atoms with van der Waals surface area (Å²) in [6, 6.07) is 0.901. The van der Waals surface area contributed by atoms with E-state index in [4.69, 9.17) is 0 Å². The molecule has 0 aromatic heterocycles. The van der Waals surface area contributed by atoms with Crippen LogP contribution in [0.3, 0.4) is 0 Å². The molecule has 4 aliphatic rings. The van der Waals surface area contributed by atoms with Gasteiger partial charge in [-0.1, -0.05) is 13.3 Å². The number of hydrogen-bond acceptors (Lipinski definition) is 3. The van der Waals surface area contributed by atoms with Crippen LogP contribution in [0.15, 0.2) is 0 Å². The Hall–Kier alpha value is -0.120. The van der Waals surface area contributed by atoms with Gasteiger partial charge in [0.15, 0.2) is 0 Å². The van der Waals surface area contributed by atoms with E-state index >= 15 is 0 Å². The molecule has 0 atom stereocenters. The molecule has 144 valence electrons. The Balaban J connectivity index is 1.20. The van der Waals surface area contributed by atoms with Crippen LogP contribution in [0.2, 0.25) is 0 Å². The van der Waals surface area contributed by atoms with Crippen LogP contribution in [0, 0.1) is 10.8 Å². The summed E-state index contributed by atoms with van der Waals surface area (Å²) in [5.41, 5.74) is 1.46. The first-order chi connectivity index (χ1) is 12.1. The molecular weight excluding hydrogens is 306 g/mol. The quantitative estimate of drug-likeness (QED) is 0.748. The number of piperidine rings is 1. The molecule has 0 bridgehead atoms. The molecule has 2 aliphatic heterocycles. The third kappa shape index (κ3) is 4.25. The van der Waals surface area contributed by atoms with Crippen molar-refractivity contribution in [2.24, 2.45) is 10.8 Å². The average molecular weight is 348 g/mol. The van der Waals surface area contributed by atoms with Crippen molar-refractivity contribution in [3.05, 3.63) is 0 Å². The predicted octanol–water partition coefficient (Wildman–Crippen LogP) is 3.84. The van der Waals surface area contributed by atoms with Crippen LogP contribution in [0.1, 0.15) is 71.1 Å². The SMILES string of the molecule is CCCC1(CN2CCN(C3CCC4(CC3)CCN(C)CC4)CC2)CC1. The molecule has 0 N–H and O–H groups in total. The van der Waals surface area contributed by atoms with Gasteiger partial charge in [-0.2, -0.15) is 0 Å². The predicted molar refractivity (Wildman–Crippen MR) is 106 cm³/mol. The van der Waals surface area contributed by atoms with E-state index in [2.05, 4.69) is 28.7 Å². The summed E-state index contributed by atoms with van der Waals surface area (Å²) < 4.78 is 0. The average Bonchev–Trinajstić information content (AvgIpc) is 3.39. The highest BCUT2D eigenvalue weighted by molar-refractivity contribution is 4.97. The van der Waals surface area contributed by atoms with Gasteiger partial charge in [0.05, 0.1) is 0 Å². The van der Waals surface area contributed by atoms with Crippen molar-refractivity contribution in [3.63, 3.8) is 0 Å². The molecule has 0 amide bonds. The molecule has 0 aromatic rings. The van der Waals surface area contributed by atoms with Gasteiger partial charge in [0, 0.05) is 38.8 Å². The Morgan fingerprint density at radius 3 is 2.00 bits per heavy atom. The van der Waals surface area contributed by atoms with Gasteiger partial charge in [0.1, 0.15) is 0 Å². The summed E-state index contributed by atoms with van der Waals surface area (Å²) in [6.45, 7) is 11.8. The summed E-state index contributed by atoms with van der Waals surface area (Å²) in [6.07, 6.45) is 14.7. The van der Waals surface area contributed by atoms with E-state index in [0.29, 0.717) is 0 Å². The molecule has 2 aliphatic carbocycles. The number of piperazine rings is 1. The standard InChI is InChI=1S/C22H41N3/c1-3-6-22(9-10-22)19-24-15-17-25(18-16-24)20-4-7-21(8-5-20)11-13-23(2)14-12-21/h20H,3-19H2,1-2H3. The third-order valence-corrected chi connectivity index (χ3v) is 8.28. The summed E-state index contributed by atoms with van der Waals surface area (Å²) in [7, 11) is 2.30. The Labute approximate surface area is 156 Å². The lowest BCUT2D eigenvalue weighted by Crippen LogP contribution is -2.53. The highest BCUT2D eigenvalue weighted by atomic mass is 15.3. The molecule has 2 heterocycles. The van der Waals surface area contributed by atoms with Crippen molar-refractivity contribution < 1.29 is 0 Å². The fourth-order valence-electron chi connectivity index (χ4n) is 6.13. The van der Waals surface area contributed by atoms with Crippen LogP contribution < -0.4 is 0 Å². The van der Waals surface area contributed by atoms with E-state index < -0.39 is 0 Å². The Bertz CT molecular complexity index is 419. The second kappa shape index (κ2) is 7.48. The molecule has 3 nitrogen and oxygen atoms in total. The zero-order chi connectivity index (χ0) is 17.3. The van der Waals surface area contributed by atoms with Gasteiger partial charge in [-0.15, -0.1) is 0 Å². The van der Waals surface area contributed by atoms with Crippen LogP contribution in [-0.2, 0) is 0 Å². The van der Waals surface area contributed by atoms with Crippen molar-refractivity contribution in [2.45, 2.75) is 77.2 Å². The van der Waals surface area contributed by atoms with Gasteiger partial charge >= 0.3 is 0 Å². The van der Waals surface area contributed by atoms with Gasteiger partial charge in [-0.05, 0) is 88.8 Å². The number of hydrogen-bond donors (Lipinski definition) is 0. The van der Waals surface area contributed by atoms with Crippen molar-refractivity contribution in [1.82, 2.24) is 14.7 Å². The molecule has 4 fully saturated rings. The zero-order valence-electron chi connectivity index (χ0n) is 16.9. The van der Waals surface area contributed by atoms with Crippen molar-refractivity contribution >= 4 is 0 Å². The van der Waals surface area contributed by atoms with Crippen molar-refractivity contribution in [3.8, 4) is 0 Å². The van der Waals surface area contributed by atoms with Crippen LogP contribution in [0.4, 0.5) is 0 Å². The third-order valence-electron chi connectivity index (χ3n) is 8.28. The summed E-state index contributed by atoms with van der Waals surface area (Å²) >= 11 is 0. The second-order valence-electron chi connectivity index (χ2n) is 10.1. The van der Waals surface area contributed by atoms with E-state index in [1.165, 1.54) is 110 Å². The normalized spacial score (nSPS) is 31.4. The zero-order valence-corrected chi connectivity index (χ0v) is 16.9. The molecule has 3 heteroatoms. The molecule has 25 heavy (non-hydrogen) atoms. The maximum Gasteiger partial charge on any atom is 0.0113 e. The van der Waals surface area contributed by atoms with Gasteiger partial charge in [-0.25, -0.2) is 0 Å². The first-order valence-corrected chi connectivity index (χ1v) is 11.3. The smallest absolute Gasteiger partial charge is 0.0113 e. The van der Waals surface area contributed by atoms with E-state index in [0.717, 1.165) is 16.9 Å². The maximum atomic E-state index is 2.86. The molecule has 0 radical (unpaired) electrons. The topological polar surface area (TPSA) is 9.72 Å². The first kappa shape index (κ1) is 18.3. The molecule has 2 saturated heterocycles. The minimum absolute atomic E-state index is 0.726. The van der Waals surface area contributed by atoms with E-state index in [1.54, 1.807) is 0 Å². The van der Waals surface area contributed by atoms with Crippen LogP contribution in [0.25, 0.3) is 0 Å². The summed E-state index contributed by atoms with van der Waals surface area (Å²) in [5, 5.41) is 0. The Kier molecular flexibility index (Phi) is 5.46. The Morgan fingerprint density at radius 2 is 1.44 bits per heavy atom. The largest absolute Gasteiger partial charge is 0.306 e. The minimum atomic E-state index is 0.726. The Morgan fingerprint density at radius 1 is 0.800 bits per heavy atom. The lowest BCUT2D eigenvalue weighted by atomic mass is 9.66. The molecule has 2 saturated carbocycles. The number of likely N-dealkylation sites (tertiary alicyclic amines) is 1. The first-order valence-electron chi connectivity index (χ1n) is 11.3. The molecule has 0 unspecified atom stereocenters. The summed E-state index contributed by atoms with van der Waals surface area (Å²) in [4.78, 5) is 8.18. The molecule has 1 spiro atoms. The van der Waals surface area contributed by atoms with E-state index in [-0.39, 0.29) is 0 Å². The lowest BCUT2D eigenvalue weighted by molar-refractivity contribution is 0.0180. The van der Waals surface area contributed by atoms with Crippen molar-refractivity contribution in [2.75, 3.05) is 52.9 Å². The minimum Gasteiger partial charge on any atom is -0.306 e. The highest BCUT2D eigenvalue weighted by Crippen LogP contribution is 2.50. The monoisotopic (exact) mass is 347 g/mol. The van der Waals surface area contributed by atoms with Crippen LogP contribution in [-0.4, -0.2) is 73.6 Å². The van der Waals surface area contributed by atoms with Gasteiger partial charge in [-0.3, -0.25) is 4.90 Å².